The molecule has 3 aromatic carbocycles. The highest BCUT2D eigenvalue weighted by Crippen LogP contribution is 2.34. The Labute approximate surface area is 177 Å². The van der Waals surface area contributed by atoms with Gasteiger partial charge in [-0.25, -0.2) is 9.59 Å². The minimum absolute atomic E-state index is 0.0910. The molecule has 0 bridgehead atoms. The number of ether oxygens (including phenoxy) is 3. The lowest BCUT2D eigenvalue weighted by Crippen LogP contribution is -2.26. The van der Waals surface area contributed by atoms with Crippen LogP contribution in [0.3, 0.4) is 0 Å². The zero-order valence-electron chi connectivity index (χ0n) is 16.4. The third kappa shape index (κ3) is 5.15. The second-order valence-electron chi connectivity index (χ2n) is 7.35. The zero-order chi connectivity index (χ0) is 21.0. The Morgan fingerprint density at radius 3 is 2.24 bits per heavy atom. The molecule has 0 spiro atoms. The molecule has 3 rings (SSSR count). The number of hydrogen-bond acceptors (Lipinski definition) is 5. The van der Waals surface area contributed by atoms with Crippen LogP contribution < -0.4 is 9.47 Å². The van der Waals surface area contributed by atoms with Gasteiger partial charge in [-0.2, -0.15) is 0 Å². The lowest BCUT2D eigenvalue weighted by atomic mass is 9.99. The van der Waals surface area contributed by atoms with Crippen LogP contribution in [0.4, 0.5) is 4.79 Å². The van der Waals surface area contributed by atoms with E-state index in [0.29, 0.717) is 16.6 Å². The topological polar surface area (TPSA) is 61.8 Å². The van der Waals surface area contributed by atoms with Crippen LogP contribution in [-0.4, -0.2) is 17.7 Å². The molecule has 0 aliphatic heterocycles. The molecule has 5 nitrogen and oxygen atoms in total. The van der Waals surface area contributed by atoms with Gasteiger partial charge < -0.3 is 14.2 Å². The van der Waals surface area contributed by atoms with Crippen molar-refractivity contribution in [3.63, 3.8) is 0 Å². The van der Waals surface area contributed by atoms with Crippen molar-refractivity contribution in [1.82, 2.24) is 0 Å². The fraction of sp³-hybridized carbons (Fsp3) is 0.217. The monoisotopic (exact) mass is 456 g/mol. The minimum atomic E-state index is -0.887. The van der Waals surface area contributed by atoms with Gasteiger partial charge >= 0.3 is 12.1 Å². The van der Waals surface area contributed by atoms with Crippen molar-refractivity contribution in [2.75, 3.05) is 0 Å². The van der Waals surface area contributed by atoms with Crippen LogP contribution in [0.1, 0.15) is 36.7 Å². The van der Waals surface area contributed by atoms with Gasteiger partial charge in [0.15, 0.2) is 0 Å². The highest BCUT2D eigenvalue weighted by molar-refractivity contribution is 9.08. The van der Waals surface area contributed by atoms with Gasteiger partial charge in [-0.1, -0.05) is 58.4 Å². The first-order valence-electron chi connectivity index (χ1n) is 9.07. The number of carbonyl (C=O) groups is 2. The Morgan fingerprint density at radius 2 is 1.59 bits per heavy atom. The van der Waals surface area contributed by atoms with E-state index in [2.05, 4.69) is 15.9 Å². The van der Waals surface area contributed by atoms with E-state index in [9.17, 15) is 9.59 Å². The fourth-order valence-electron chi connectivity index (χ4n) is 2.84. The number of carbonyl (C=O) groups excluding carboxylic acids is 2. The summed E-state index contributed by atoms with van der Waals surface area (Å²) in [5, 5.41) is 2.07. The molecule has 3 aromatic rings. The summed E-state index contributed by atoms with van der Waals surface area (Å²) in [5.74, 6) is -0.127. The maximum absolute atomic E-state index is 13.0. The number of para-hydroxylation sites is 1. The van der Waals surface area contributed by atoms with Crippen LogP contribution in [0.2, 0.25) is 0 Å². The Kier molecular flexibility index (Phi) is 6.23. The zero-order valence-corrected chi connectivity index (χ0v) is 18.0. The first-order valence-corrected chi connectivity index (χ1v) is 10.2. The summed E-state index contributed by atoms with van der Waals surface area (Å²) in [7, 11) is 0. The average Bonchev–Trinajstić information content (AvgIpc) is 2.66. The number of esters is 1. The third-order valence-corrected chi connectivity index (χ3v) is 4.56. The summed E-state index contributed by atoms with van der Waals surface area (Å²) in [4.78, 5) is 25.3. The second-order valence-corrected chi connectivity index (χ2v) is 7.91. The van der Waals surface area contributed by atoms with Gasteiger partial charge in [-0.3, -0.25) is 0 Å². The quantitative estimate of drug-likeness (QED) is 0.200. The van der Waals surface area contributed by atoms with Crippen molar-refractivity contribution in [3.8, 4) is 11.5 Å². The van der Waals surface area contributed by atoms with Crippen molar-refractivity contribution in [2.24, 2.45) is 0 Å². The average molecular weight is 457 g/mol. The molecule has 0 radical (unpaired) electrons. The van der Waals surface area contributed by atoms with Gasteiger partial charge in [0.25, 0.3) is 0 Å². The highest BCUT2D eigenvalue weighted by Gasteiger charge is 2.26. The van der Waals surface area contributed by atoms with Gasteiger partial charge in [-0.15, -0.1) is 0 Å². The van der Waals surface area contributed by atoms with Gasteiger partial charge in [0, 0.05) is 5.33 Å². The predicted octanol–water partition coefficient (Wildman–Crippen LogP) is 6.27. The summed E-state index contributed by atoms with van der Waals surface area (Å²) in [6, 6.07) is 17.9. The molecule has 0 atom stereocenters. The Morgan fingerprint density at radius 1 is 0.931 bits per heavy atom. The van der Waals surface area contributed by atoms with Crippen molar-refractivity contribution < 1.29 is 23.8 Å². The van der Waals surface area contributed by atoms with Crippen molar-refractivity contribution in [2.45, 2.75) is 31.7 Å². The van der Waals surface area contributed by atoms with Gasteiger partial charge in [-0.05, 0) is 55.3 Å². The molecule has 0 unspecified atom stereocenters. The van der Waals surface area contributed by atoms with Gasteiger partial charge in [0.05, 0.1) is 0 Å². The summed E-state index contributed by atoms with van der Waals surface area (Å²) in [5.41, 5.74) is 0.120. The SMILES string of the molecule is CC(C)(C)OC(=O)Oc1cc2ccccc2c(CBr)c1C(=O)Oc1ccccc1. The molecule has 0 saturated carbocycles. The van der Waals surface area contributed by atoms with E-state index in [-0.39, 0.29) is 11.3 Å². The molecule has 0 N–H and O–H groups in total. The smallest absolute Gasteiger partial charge is 0.428 e. The molecule has 0 heterocycles. The molecular formula is C23H21BrO5. The Hall–Kier alpha value is -2.86. The lowest BCUT2D eigenvalue weighted by Gasteiger charge is -2.20. The van der Waals surface area contributed by atoms with E-state index in [0.717, 1.165) is 10.8 Å². The van der Waals surface area contributed by atoms with Crippen LogP contribution in [0.25, 0.3) is 10.8 Å². The summed E-state index contributed by atoms with van der Waals surface area (Å²) < 4.78 is 16.2. The molecule has 0 aliphatic carbocycles. The standard InChI is InChI=1S/C23H21BrO5/c1-23(2,3)29-22(26)28-19-13-15-9-7-8-12-17(15)18(14-24)20(19)21(25)27-16-10-5-4-6-11-16/h4-13H,14H2,1-3H3. The number of halogens is 1. The summed E-state index contributed by atoms with van der Waals surface area (Å²) in [6.45, 7) is 5.22. The number of benzene rings is 3. The second kappa shape index (κ2) is 8.66. The van der Waals surface area contributed by atoms with E-state index in [1.54, 1.807) is 51.1 Å². The van der Waals surface area contributed by atoms with Gasteiger partial charge in [0.2, 0.25) is 0 Å². The van der Waals surface area contributed by atoms with Crippen LogP contribution in [0.15, 0.2) is 60.7 Å². The van der Waals surface area contributed by atoms with Crippen LogP contribution >= 0.6 is 15.9 Å². The van der Waals surface area contributed by atoms with E-state index >= 15 is 0 Å². The molecule has 0 amide bonds. The van der Waals surface area contributed by atoms with E-state index in [4.69, 9.17) is 14.2 Å². The van der Waals surface area contributed by atoms with E-state index < -0.39 is 17.7 Å². The fourth-order valence-corrected chi connectivity index (χ4v) is 3.43. The van der Waals surface area contributed by atoms with E-state index in [1.165, 1.54) is 0 Å². The number of rotatable bonds is 4. The number of hydrogen-bond donors (Lipinski definition) is 0. The van der Waals surface area contributed by atoms with Crippen molar-refractivity contribution in [1.29, 1.82) is 0 Å². The maximum atomic E-state index is 13.0. The maximum Gasteiger partial charge on any atom is 0.514 e. The van der Waals surface area contributed by atoms with Crippen LogP contribution in [-0.2, 0) is 10.1 Å². The van der Waals surface area contributed by atoms with E-state index in [1.807, 2.05) is 30.3 Å². The first-order chi connectivity index (χ1) is 13.8. The molecule has 6 heteroatoms. The normalized spacial score (nSPS) is 11.2. The third-order valence-electron chi connectivity index (χ3n) is 4.00. The molecule has 0 aliphatic rings. The van der Waals surface area contributed by atoms with Crippen molar-refractivity contribution in [3.05, 3.63) is 71.8 Å². The molecule has 150 valence electrons. The van der Waals surface area contributed by atoms with Crippen molar-refractivity contribution >= 4 is 38.8 Å². The molecule has 0 saturated heterocycles. The molecular weight excluding hydrogens is 436 g/mol. The Balaban J connectivity index is 2.08. The number of fused-ring (bicyclic) bond motifs is 1. The molecule has 0 aromatic heterocycles. The first kappa shape index (κ1) is 20.9. The minimum Gasteiger partial charge on any atom is -0.428 e. The molecule has 29 heavy (non-hydrogen) atoms. The number of alkyl halides is 1. The Bertz CT molecular complexity index is 1040. The summed E-state index contributed by atoms with van der Waals surface area (Å²) >= 11 is 3.45. The van der Waals surface area contributed by atoms with Crippen LogP contribution in [0, 0.1) is 0 Å². The highest BCUT2D eigenvalue weighted by atomic mass is 79.9. The van der Waals surface area contributed by atoms with Gasteiger partial charge in [0.1, 0.15) is 22.7 Å². The largest absolute Gasteiger partial charge is 0.514 e. The molecule has 0 fully saturated rings. The van der Waals surface area contributed by atoms with Crippen LogP contribution in [0.5, 0.6) is 11.5 Å². The lowest BCUT2D eigenvalue weighted by molar-refractivity contribution is 0.0204. The summed E-state index contributed by atoms with van der Waals surface area (Å²) in [6.07, 6.45) is -0.887. The predicted molar refractivity (Wildman–Crippen MR) is 115 cm³/mol.